The van der Waals surface area contributed by atoms with E-state index < -0.39 is 0 Å². The molecule has 5 nitrogen and oxygen atoms in total. The Morgan fingerprint density at radius 3 is 3.17 bits per heavy atom. The Bertz CT molecular complexity index is 665. The first-order valence-electron chi connectivity index (χ1n) is 7.84. The van der Waals surface area contributed by atoms with Crippen LogP contribution in [-0.2, 0) is 11.3 Å². The van der Waals surface area contributed by atoms with E-state index >= 15 is 0 Å². The number of nitrogens with one attached hydrogen (secondary N) is 1. The number of rotatable bonds is 6. The molecule has 1 saturated heterocycles. The Morgan fingerprint density at radius 1 is 1.48 bits per heavy atom. The van der Waals surface area contributed by atoms with E-state index in [0.717, 1.165) is 29.9 Å². The first kappa shape index (κ1) is 16.0. The van der Waals surface area contributed by atoms with Gasteiger partial charge in [0, 0.05) is 29.8 Å². The minimum Gasteiger partial charge on any atom is -0.478 e. The topological polar surface area (TPSA) is 60.5 Å². The van der Waals surface area contributed by atoms with Gasteiger partial charge in [0.1, 0.15) is 0 Å². The largest absolute Gasteiger partial charge is 0.478 e. The van der Waals surface area contributed by atoms with Crippen LogP contribution in [0.1, 0.15) is 46.0 Å². The smallest absolute Gasteiger partial charge is 0.261 e. The molecular formula is C17H20N2O3S. The van der Waals surface area contributed by atoms with Crippen molar-refractivity contribution in [2.75, 3.05) is 13.2 Å². The Morgan fingerprint density at radius 2 is 2.39 bits per heavy atom. The van der Waals surface area contributed by atoms with Gasteiger partial charge in [-0.3, -0.25) is 4.79 Å². The van der Waals surface area contributed by atoms with Gasteiger partial charge in [-0.2, -0.15) is 0 Å². The van der Waals surface area contributed by atoms with Crippen molar-refractivity contribution in [3.8, 4) is 5.88 Å². The van der Waals surface area contributed by atoms with E-state index in [1.54, 1.807) is 6.20 Å². The summed E-state index contributed by atoms with van der Waals surface area (Å²) in [5, 5.41) is 2.93. The quantitative estimate of drug-likeness (QED) is 0.881. The average molecular weight is 332 g/mol. The van der Waals surface area contributed by atoms with E-state index in [1.165, 1.54) is 11.3 Å². The average Bonchev–Trinajstić information content (AvgIpc) is 3.25. The molecule has 1 unspecified atom stereocenters. The summed E-state index contributed by atoms with van der Waals surface area (Å²) in [5.74, 6) is 0.493. The maximum absolute atomic E-state index is 12.3. The molecule has 1 N–H and O–H groups in total. The zero-order valence-corrected chi connectivity index (χ0v) is 13.9. The van der Waals surface area contributed by atoms with Crippen molar-refractivity contribution in [2.45, 2.75) is 32.4 Å². The Balaban J connectivity index is 1.61. The third kappa shape index (κ3) is 3.89. The van der Waals surface area contributed by atoms with Gasteiger partial charge in [-0.1, -0.05) is 6.07 Å². The maximum Gasteiger partial charge on any atom is 0.261 e. The summed E-state index contributed by atoms with van der Waals surface area (Å²) >= 11 is 1.50. The third-order valence-electron chi connectivity index (χ3n) is 3.67. The molecule has 3 rings (SSSR count). The Hall–Kier alpha value is -1.92. The number of carbonyl (C=O) groups is 1. The summed E-state index contributed by atoms with van der Waals surface area (Å²) in [5.41, 5.74) is 0.874. The SMILES string of the molecule is CCOc1ncccc1CNC(=O)c1ccc(C2CCCO2)s1. The van der Waals surface area contributed by atoms with Crippen LogP contribution in [0.3, 0.4) is 0 Å². The van der Waals surface area contributed by atoms with E-state index in [9.17, 15) is 4.79 Å². The minimum absolute atomic E-state index is 0.0782. The van der Waals surface area contributed by atoms with E-state index in [1.807, 2.05) is 31.2 Å². The van der Waals surface area contributed by atoms with Crippen molar-refractivity contribution >= 4 is 17.2 Å². The highest BCUT2D eigenvalue weighted by molar-refractivity contribution is 7.14. The number of hydrogen-bond acceptors (Lipinski definition) is 5. The van der Waals surface area contributed by atoms with Crippen LogP contribution in [0.25, 0.3) is 0 Å². The van der Waals surface area contributed by atoms with Gasteiger partial charge in [-0.25, -0.2) is 4.98 Å². The first-order chi connectivity index (χ1) is 11.3. The Kier molecular flexibility index (Phi) is 5.25. The number of pyridine rings is 1. The number of hydrogen-bond donors (Lipinski definition) is 1. The zero-order valence-electron chi connectivity index (χ0n) is 13.1. The lowest BCUT2D eigenvalue weighted by molar-refractivity contribution is 0.0954. The second kappa shape index (κ2) is 7.57. The minimum atomic E-state index is -0.0782. The van der Waals surface area contributed by atoms with Gasteiger partial charge in [0.05, 0.1) is 17.6 Å². The normalized spacial score (nSPS) is 17.2. The molecule has 1 atom stereocenters. The molecule has 0 aromatic carbocycles. The number of amides is 1. The molecule has 0 spiro atoms. The van der Waals surface area contributed by atoms with Crippen LogP contribution in [0.4, 0.5) is 0 Å². The van der Waals surface area contributed by atoms with E-state index in [0.29, 0.717) is 23.9 Å². The highest BCUT2D eigenvalue weighted by Gasteiger charge is 2.21. The van der Waals surface area contributed by atoms with Crippen molar-refractivity contribution in [3.05, 3.63) is 45.8 Å². The van der Waals surface area contributed by atoms with Crippen molar-refractivity contribution < 1.29 is 14.3 Å². The number of nitrogens with zero attached hydrogens (tertiary/aromatic N) is 1. The fourth-order valence-electron chi connectivity index (χ4n) is 2.54. The van der Waals surface area contributed by atoms with E-state index in [-0.39, 0.29) is 12.0 Å². The van der Waals surface area contributed by atoms with Gasteiger partial charge in [-0.15, -0.1) is 11.3 Å². The van der Waals surface area contributed by atoms with Gasteiger partial charge in [-0.05, 0) is 38.0 Å². The lowest BCUT2D eigenvalue weighted by Gasteiger charge is -2.09. The lowest BCUT2D eigenvalue weighted by atomic mass is 10.2. The molecule has 0 bridgehead atoms. The van der Waals surface area contributed by atoms with Gasteiger partial charge in [0.15, 0.2) is 0 Å². The highest BCUT2D eigenvalue weighted by atomic mass is 32.1. The molecular weight excluding hydrogens is 312 g/mol. The number of ether oxygens (including phenoxy) is 2. The second-order valence-corrected chi connectivity index (χ2v) is 6.40. The van der Waals surface area contributed by atoms with Crippen molar-refractivity contribution in [1.29, 1.82) is 0 Å². The molecule has 122 valence electrons. The summed E-state index contributed by atoms with van der Waals surface area (Å²) in [4.78, 5) is 18.3. The maximum atomic E-state index is 12.3. The monoisotopic (exact) mass is 332 g/mol. The van der Waals surface area contributed by atoms with Crippen LogP contribution in [-0.4, -0.2) is 24.1 Å². The summed E-state index contributed by atoms with van der Waals surface area (Å²) in [6.07, 6.45) is 3.97. The standard InChI is InChI=1S/C17H20N2O3S/c1-2-21-17-12(5-3-9-18-17)11-19-16(20)15-8-7-14(23-15)13-6-4-10-22-13/h3,5,7-9,13H,2,4,6,10-11H2,1H3,(H,19,20). The molecule has 1 aliphatic rings. The highest BCUT2D eigenvalue weighted by Crippen LogP contribution is 2.33. The molecule has 23 heavy (non-hydrogen) atoms. The fourth-order valence-corrected chi connectivity index (χ4v) is 3.55. The molecule has 1 fully saturated rings. The zero-order chi connectivity index (χ0) is 16.1. The van der Waals surface area contributed by atoms with Crippen molar-refractivity contribution in [1.82, 2.24) is 10.3 Å². The number of aromatic nitrogens is 1. The fraction of sp³-hybridized carbons (Fsp3) is 0.412. The number of thiophene rings is 1. The van der Waals surface area contributed by atoms with E-state index in [4.69, 9.17) is 9.47 Å². The van der Waals surface area contributed by atoms with Crippen LogP contribution in [0.15, 0.2) is 30.5 Å². The van der Waals surface area contributed by atoms with Crippen molar-refractivity contribution in [2.24, 2.45) is 0 Å². The number of carbonyl (C=O) groups excluding carboxylic acids is 1. The van der Waals surface area contributed by atoms with E-state index in [2.05, 4.69) is 10.3 Å². The Labute approximate surface area is 139 Å². The summed E-state index contributed by atoms with van der Waals surface area (Å²) in [7, 11) is 0. The van der Waals surface area contributed by atoms with Crippen LogP contribution < -0.4 is 10.1 Å². The second-order valence-electron chi connectivity index (χ2n) is 5.29. The van der Waals surface area contributed by atoms with Gasteiger partial charge >= 0.3 is 0 Å². The van der Waals surface area contributed by atoms with Crippen LogP contribution in [0.5, 0.6) is 5.88 Å². The molecule has 2 aromatic rings. The van der Waals surface area contributed by atoms with Crippen LogP contribution in [0.2, 0.25) is 0 Å². The van der Waals surface area contributed by atoms with Crippen LogP contribution >= 0.6 is 11.3 Å². The molecule has 2 aromatic heterocycles. The van der Waals surface area contributed by atoms with Gasteiger partial charge in [0.25, 0.3) is 5.91 Å². The summed E-state index contributed by atoms with van der Waals surface area (Å²) in [6.45, 7) is 3.67. The molecule has 1 amide bonds. The molecule has 0 radical (unpaired) electrons. The molecule has 0 saturated carbocycles. The van der Waals surface area contributed by atoms with Crippen LogP contribution in [0, 0.1) is 0 Å². The lowest BCUT2D eigenvalue weighted by Crippen LogP contribution is -2.22. The predicted molar refractivity (Wildman–Crippen MR) is 88.8 cm³/mol. The summed E-state index contributed by atoms with van der Waals surface area (Å²) < 4.78 is 11.1. The third-order valence-corrected chi connectivity index (χ3v) is 4.84. The first-order valence-corrected chi connectivity index (χ1v) is 8.66. The molecule has 1 aliphatic heterocycles. The van der Waals surface area contributed by atoms with Crippen molar-refractivity contribution in [3.63, 3.8) is 0 Å². The molecule has 0 aliphatic carbocycles. The molecule has 6 heteroatoms. The van der Waals surface area contributed by atoms with Gasteiger partial charge in [0.2, 0.25) is 5.88 Å². The summed E-state index contributed by atoms with van der Waals surface area (Å²) in [6, 6.07) is 7.60. The van der Waals surface area contributed by atoms with Gasteiger partial charge < -0.3 is 14.8 Å². The molecule has 3 heterocycles. The predicted octanol–water partition coefficient (Wildman–Crippen LogP) is 3.32.